The zero-order valence-corrected chi connectivity index (χ0v) is 15.1. The molecular weight excluding hydrogens is 332 g/mol. The van der Waals surface area contributed by atoms with Crippen LogP contribution in [0.25, 0.3) is 0 Å². The van der Waals surface area contributed by atoms with Gasteiger partial charge < -0.3 is 15.3 Å². The second-order valence-corrected chi connectivity index (χ2v) is 6.76. The fourth-order valence-corrected chi connectivity index (χ4v) is 3.53. The topological polar surface area (TPSA) is 87.5 Å². The summed E-state index contributed by atoms with van der Waals surface area (Å²) in [6.07, 6.45) is 5.06. The highest BCUT2D eigenvalue weighted by atomic mass is 16.4. The maximum absolute atomic E-state index is 12.7. The molecule has 0 bridgehead atoms. The molecule has 3 rings (SSSR count). The number of aryl methyl sites for hydroxylation is 2. The zero-order valence-electron chi connectivity index (χ0n) is 15.1. The summed E-state index contributed by atoms with van der Waals surface area (Å²) in [6, 6.07) is 6.99. The first-order chi connectivity index (χ1) is 12.5. The number of carbonyl (C=O) groups excluding carboxylic acids is 1. The van der Waals surface area contributed by atoms with Gasteiger partial charge in [0.15, 0.2) is 0 Å². The van der Waals surface area contributed by atoms with E-state index in [1.54, 1.807) is 29.0 Å². The highest BCUT2D eigenvalue weighted by Crippen LogP contribution is 2.30. The Kier molecular flexibility index (Phi) is 5.25. The Labute approximate surface area is 152 Å². The number of benzene rings is 1. The number of carboxylic acids is 1. The van der Waals surface area contributed by atoms with Crippen molar-refractivity contribution in [2.45, 2.75) is 38.3 Å². The smallest absolute Gasteiger partial charge is 0.326 e. The summed E-state index contributed by atoms with van der Waals surface area (Å²) >= 11 is 0. The standard InChI is InChI=1S/C19H24N4O3/c1-13-4-3-5-14(10-13)8-9-20-18(24)16-6-7-17(19(25)26)23(16)15-11-21-22(2)12-15/h3-5,10-12,16-17H,6-9H2,1-2H3,(H,20,24)(H,25,26). The first-order valence-electron chi connectivity index (χ1n) is 8.79. The molecule has 2 atom stereocenters. The molecule has 0 saturated carbocycles. The van der Waals surface area contributed by atoms with Gasteiger partial charge in [0.05, 0.1) is 11.9 Å². The van der Waals surface area contributed by atoms with Gasteiger partial charge in [-0.05, 0) is 31.7 Å². The van der Waals surface area contributed by atoms with E-state index < -0.39 is 18.1 Å². The molecule has 1 aromatic carbocycles. The number of nitrogens with zero attached hydrogens (tertiary/aromatic N) is 3. The fraction of sp³-hybridized carbons (Fsp3) is 0.421. The molecule has 0 radical (unpaired) electrons. The van der Waals surface area contributed by atoms with Crippen molar-refractivity contribution in [1.82, 2.24) is 15.1 Å². The Morgan fingerprint density at radius 3 is 2.73 bits per heavy atom. The van der Waals surface area contributed by atoms with E-state index in [0.29, 0.717) is 25.1 Å². The molecule has 2 aromatic rings. The van der Waals surface area contributed by atoms with Crippen LogP contribution in [-0.4, -0.2) is 45.4 Å². The number of aromatic nitrogens is 2. The van der Waals surface area contributed by atoms with Crippen LogP contribution in [0.3, 0.4) is 0 Å². The number of amides is 1. The van der Waals surface area contributed by atoms with Gasteiger partial charge in [0.1, 0.15) is 12.1 Å². The molecule has 7 nitrogen and oxygen atoms in total. The third-order valence-electron chi connectivity index (χ3n) is 4.76. The lowest BCUT2D eigenvalue weighted by atomic mass is 10.1. The predicted octanol–water partition coefficient (Wildman–Crippen LogP) is 1.51. The van der Waals surface area contributed by atoms with Crippen molar-refractivity contribution in [3.63, 3.8) is 0 Å². The minimum absolute atomic E-state index is 0.134. The van der Waals surface area contributed by atoms with Crippen LogP contribution < -0.4 is 10.2 Å². The van der Waals surface area contributed by atoms with Crippen molar-refractivity contribution in [3.8, 4) is 0 Å². The number of rotatable bonds is 6. The summed E-state index contributed by atoms with van der Waals surface area (Å²) in [6.45, 7) is 2.57. The third kappa shape index (κ3) is 3.87. The van der Waals surface area contributed by atoms with Crippen LogP contribution in [-0.2, 0) is 23.1 Å². The maximum atomic E-state index is 12.7. The van der Waals surface area contributed by atoms with Crippen molar-refractivity contribution >= 4 is 17.6 Å². The van der Waals surface area contributed by atoms with Crippen LogP contribution in [0.5, 0.6) is 0 Å². The van der Waals surface area contributed by atoms with Crippen LogP contribution >= 0.6 is 0 Å². The average molecular weight is 356 g/mol. The number of hydrogen-bond donors (Lipinski definition) is 2. The van der Waals surface area contributed by atoms with E-state index in [1.165, 1.54) is 11.1 Å². The number of nitrogens with one attached hydrogen (secondary N) is 1. The Bertz CT molecular complexity index is 802. The number of carbonyl (C=O) groups is 2. The first kappa shape index (κ1) is 18.0. The summed E-state index contributed by atoms with van der Waals surface area (Å²) in [7, 11) is 1.77. The van der Waals surface area contributed by atoms with Gasteiger partial charge in [-0.25, -0.2) is 4.79 Å². The van der Waals surface area contributed by atoms with Crippen molar-refractivity contribution < 1.29 is 14.7 Å². The molecule has 2 unspecified atom stereocenters. The number of carboxylic acid groups (broad SMARTS) is 1. The molecule has 0 aliphatic carbocycles. The van der Waals surface area contributed by atoms with Gasteiger partial charge in [-0.2, -0.15) is 5.10 Å². The molecule has 7 heteroatoms. The molecule has 0 spiro atoms. The normalized spacial score (nSPS) is 19.5. The van der Waals surface area contributed by atoms with E-state index in [1.807, 2.05) is 25.1 Å². The molecule has 2 heterocycles. The summed E-state index contributed by atoms with van der Waals surface area (Å²) < 4.78 is 1.61. The van der Waals surface area contributed by atoms with Crippen molar-refractivity contribution in [3.05, 3.63) is 47.8 Å². The summed E-state index contributed by atoms with van der Waals surface area (Å²) in [5, 5.41) is 16.6. The van der Waals surface area contributed by atoms with Crippen molar-refractivity contribution in [2.75, 3.05) is 11.4 Å². The minimum Gasteiger partial charge on any atom is -0.480 e. The molecule has 138 valence electrons. The second kappa shape index (κ2) is 7.59. The number of hydrogen-bond acceptors (Lipinski definition) is 4. The van der Waals surface area contributed by atoms with E-state index in [0.717, 1.165) is 6.42 Å². The molecular formula is C19H24N4O3. The van der Waals surface area contributed by atoms with E-state index in [2.05, 4.69) is 16.5 Å². The molecule has 1 fully saturated rings. The summed E-state index contributed by atoms with van der Waals surface area (Å²) in [5.41, 5.74) is 3.03. The molecule has 1 amide bonds. The molecule has 1 aliphatic heterocycles. The van der Waals surface area contributed by atoms with Crippen LogP contribution in [0.1, 0.15) is 24.0 Å². The van der Waals surface area contributed by atoms with E-state index in [-0.39, 0.29) is 5.91 Å². The van der Waals surface area contributed by atoms with Gasteiger partial charge in [0.25, 0.3) is 0 Å². The van der Waals surface area contributed by atoms with Crippen LogP contribution in [0, 0.1) is 6.92 Å². The maximum Gasteiger partial charge on any atom is 0.326 e. The largest absolute Gasteiger partial charge is 0.480 e. The quantitative estimate of drug-likeness (QED) is 0.819. The molecule has 2 N–H and O–H groups in total. The Morgan fingerprint density at radius 2 is 2.08 bits per heavy atom. The van der Waals surface area contributed by atoms with Crippen LogP contribution in [0.15, 0.2) is 36.7 Å². The van der Waals surface area contributed by atoms with Gasteiger partial charge >= 0.3 is 5.97 Å². The van der Waals surface area contributed by atoms with Gasteiger partial charge in [-0.1, -0.05) is 29.8 Å². The second-order valence-electron chi connectivity index (χ2n) is 6.76. The lowest BCUT2D eigenvalue weighted by Crippen LogP contribution is -2.48. The van der Waals surface area contributed by atoms with Gasteiger partial charge in [0, 0.05) is 19.8 Å². The molecule has 1 aromatic heterocycles. The molecule has 1 saturated heterocycles. The fourth-order valence-electron chi connectivity index (χ4n) is 3.53. The zero-order chi connectivity index (χ0) is 18.7. The average Bonchev–Trinajstić information content (AvgIpc) is 3.20. The number of aliphatic carboxylic acids is 1. The van der Waals surface area contributed by atoms with Crippen LogP contribution in [0.4, 0.5) is 5.69 Å². The Morgan fingerprint density at radius 1 is 1.31 bits per heavy atom. The lowest BCUT2D eigenvalue weighted by molar-refractivity contribution is -0.138. The first-order valence-corrected chi connectivity index (χ1v) is 8.79. The van der Waals surface area contributed by atoms with Gasteiger partial charge in [-0.3, -0.25) is 9.48 Å². The Balaban J connectivity index is 1.66. The summed E-state index contributed by atoms with van der Waals surface area (Å²) in [5.74, 6) is -1.05. The minimum atomic E-state index is -0.913. The number of anilines is 1. The van der Waals surface area contributed by atoms with Gasteiger partial charge in [0.2, 0.25) is 5.91 Å². The van der Waals surface area contributed by atoms with E-state index in [4.69, 9.17) is 0 Å². The monoisotopic (exact) mass is 356 g/mol. The van der Waals surface area contributed by atoms with Gasteiger partial charge in [-0.15, -0.1) is 0 Å². The van der Waals surface area contributed by atoms with E-state index >= 15 is 0 Å². The van der Waals surface area contributed by atoms with Crippen LogP contribution in [0.2, 0.25) is 0 Å². The molecule has 26 heavy (non-hydrogen) atoms. The van der Waals surface area contributed by atoms with Crippen molar-refractivity contribution in [1.29, 1.82) is 0 Å². The van der Waals surface area contributed by atoms with Crippen molar-refractivity contribution in [2.24, 2.45) is 7.05 Å². The SMILES string of the molecule is Cc1cccc(CCNC(=O)C2CCC(C(=O)O)N2c2cnn(C)c2)c1. The highest BCUT2D eigenvalue weighted by molar-refractivity contribution is 5.90. The lowest BCUT2D eigenvalue weighted by Gasteiger charge is -2.28. The predicted molar refractivity (Wildman–Crippen MR) is 98.0 cm³/mol. The highest BCUT2D eigenvalue weighted by Gasteiger charge is 2.42. The van der Waals surface area contributed by atoms with E-state index in [9.17, 15) is 14.7 Å². The summed E-state index contributed by atoms with van der Waals surface area (Å²) in [4.78, 5) is 26.0. The Hall–Kier alpha value is -2.83. The third-order valence-corrected chi connectivity index (χ3v) is 4.76. The molecule has 1 aliphatic rings.